The molecule has 0 aromatic heterocycles. The molecule has 242 valence electrons. The van der Waals surface area contributed by atoms with Gasteiger partial charge in [-0.3, -0.25) is 0 Å². The van der Waals surface area contributed by atoms with Crippen molar-refractivity contribution in [3.05, 3.63) is 151 Å². The molecule has 4 heteroatoms. The molecule has 1 heterocycles. The molecule has 0 N–H and O–H groups in total. The number of anilines is 1. The van der Waals surface area contributed by atoms with E-state index in [2.05, 4.69) is 168 Å². The summed E-state index contributed by atoms with van der Waals surface area (Å²) in [6.45, 7) is 23.1. The van der Waals surface area contributed by atoms with Gasteiger partial charge in [-0.25, -0.2) is 6.54 Å². The molecule has 1 atom stereocenters. The van der Waals surface area contributed by atoms with Crippen molar-refractivity contribution < 1.29 is 19.5 Å². The summed E-state index contributed by atoms with van der Waals surface area (Å²) in [5, 5.41) is 0. The van der Waals surface area contributed by atoms with Crippen LogP contribution in [0.5, 0.6) is 5.75 Å². The Morgan fingerprint density at radius 3 is 1.89 bits per heavy atom. The van der Waals surface area contributed by atoms with Crippen molar-refractivity contribution in [2.75, 3.05) is 4.90 Å². The first-order valence-electron chi connectivity index (χ1n) is 15.7. The third-order valence-corrected chi connectivity index (χ3v) is 8.48. The molecule has 1 aliphatic rings. The van der Waals surface area contributed by atoms with Crippen molar-refractivity contribution in [1.29, 1.82) is 0 Å². The fourth-order valence-corrected chi connectivity index (χ4v) is 6.34. The molecule has 5 rings (SSSR count). The summed E-state index contributed by atoms with van der Waals surface area (Å²) in [6.07, 6.45) is 3.28. The van der Waals surface area contributed by atoms with Gasteiger partial charge in [0.05, 0.1) is 6.61 Å². The zero-order chi connectivity index (χ0) is 32.3. The van der Waals surface area contributed by atoms with Crippen molar-refractivity contribution >= 4 is 25.4 Å². The van der Waals surface area contributed by atoms with Gasteiger partial charge in [-0.05, 0) is 55.7 Å². The van der Waals surface area contributed by atoms with E-state index in [1.54, 1.807) is 0 Å². The number of ether oxygens (including phenoxy) is 1. The zero-order valence-electron chi connectivity index (χ0n) is 28.5. The first kappa shape index (κ1) is 38.9. The Morgan fingerprint density at radius 1 is 0.822 bits per heavy atom. The molecule has 0 saturated carbocycles. The average Bonchev–Trinajstić information content (AvgIpc) is 3.30. The predicted octanol–water partition coefficient (Wildman–Crippen LogP) is 11.8. The van der Waals surface area contributed by atoms with E-state index in [9.17, 15) is 0 Å². The summed E-state index contributed by atoms with van der Waals surface area (Å²) in [6, 6.07) is 34.1. The first-order valence-corrected chi connectivity index (χ1v) is 20.8. The Hall–Kier alpha value is -2.30. The molecule has 0 amide bonds. The molecule has 4 aromatic carbocycles. The van der Waals surface area contributed by atoms with E-state index in [0.717, 1.165) is 30.6 Å². The van der Waals surface area contributed by atoms with Gasteiger partial charge in [0.1, 0.15) is 0 Å². The van der Waals surface area contributed by atoms with Crippen LogP contribution in [-0.4, -0.2) is 5.54 Å². The van der Waals surface area contributed by atoms with Crippen LogP contribution in [0.1, 0.15) is 94.2 Å². The molecule has 4 aromatic rings. The standard InChI is InChI=1S/C23H30N.C17H19O.CH3.HI.Ru/c1-6-18-12-11-13-19(7-2)21(18)24-17-23(5,16-22(24,3)4)20-14-9-8-10-15-20;1-13(2)16-11-7-8-14(3)17(16)18-12-15-9-5-4-6-10-15;;;/h8-15,17H,6-7,16H2,1-5H3;4-11,13H,3,12H2,1-2H3;1H3;1H;/q3*-1;;+4/p-1. The van der Waals surface area contributed by atoms with Crippen molar-refractivity contribution in [3.63, 3.8) is 0 Å². The Kier molecular flexibility index (Phi) is 15.7. The number of nitrogens with zero attached hydrogens (tertiary/aromatic N) is 1. The molecule has 0 spiro atoms. The third kappa shape index (κ3) is 9.85. The van der Waals surface area contributed by atoms with E-state index in [1.807, 2.05) is 30.3 Å². The number of rotatable bonds is 8. The van der Waals surface area contributed by atoms with Crippen LogP contribution in [0.2, 0.25) is 0 Å². The Balaban J connectivity index is 0.000000301. The van der Waals surface area contributed by atoms with Crippen molar-refractivity contribution in [1.82, 2.24) is 0 Å². The SMILES string of the molecule is CCc1cccc(CC)c1N1[CH-]C(C)(c2ccccc2)CC1(C)C.[CH2-]c1cccc(C(C)C)c1OCc1ccccc1.[CH3-].[Ru+3][I]. The van der Waals surface area contributed by atoms with Gasteiger partial charge >= 0.3 is 34.5 Å². The van der Waals surface area contributed by atoms with Crippen LogP contribution in [-0.2, 0) is 39.7 Å². The van der Waals surface area contributed by atoms with Crippen LogP contribution in [0.25, 0.3) is 0 Å². The molecule has 1 fully saturated rings. The van der Waals surface area contributed by atoms with Gasteiger partial charge in [-0.15, -0.1) is 11.5 Å². The van der Waals surface area contributed by atoms with Gasteiger partial charge in [0.25, 0.3) is 0 Å². The van der Waals surface area contributed by atoms with E-state index in [4.69, 9.17) is 4.74 Å². The number of aryl methyl sites for hydroxylation is 2. The number of halogens is 1. The molecular weight excluding hydrogens is 750 g/mol. The van der Waals surface area contributed by atoms with Crippen molar-refractivity contribution in [2.24, 2.45) is 0 Å². The molecule has 1 aliphatic heterocycles. The molecule has 0 radical (unpaired) electrons. The maximum atomic E-state index is 5.95. The van der Waals surface area contributed by atoms with Crippen LogP contribution in [0.15, 0.2) is 97.1 Å². The predicted molar refractivity (Wildman–Crippen MR) is 201 cm³/mol. The van der Waals surface area contributed by atoms with Gasteiger partial charge < -0.3 is 17.1 Å². The average molecular weight is 803 g/mol. The van der Waals surface area contributed by atoms with Crippen molar-refractivity contribution in [3.8, 4) is 5.75 Å². The monoisotopic (exact) mass is 803 g/mol. The summed E-state index contributed by atoms with van der Waals surface area (Å²) < 4.78 is 5.95. The number of hydrogen-bond acceptors (Lipinski definition) is 2. The van der Waals surface area contributed by atoms with E-state index >= 15 is 0 Å². The van der Waals surface area contributed by atoms with E-state index < -0.39 is 0 Å². The number of hydrogen-bond donors (Lipinski definition) is 0. The second kappa shape index (κ2) is 18.1. The molecule has 45 heavy (non-hydrogen) atoms. The Morgan fingerprint density at radius 2 is 1.36 bits per heavy atom. The fourth-order valence-electron chi connectivity index (χ4n) is 6.34. The minimum atomic E-state index is 0. The van der Waals surface area contributed by atoms with Crippen molar-refractivity contribution in [2.45, 2.75) is 91.2 Å². The van der Waals surface area contributed by atoms with E-state index in [1.165, 1.54) is 33.5 Å². The Labute approximate surface area is 296 Å². The molecular formula is C41H52INORu. The first-order chi connectivity index (χ1) is 21.1. The summed E-state index contributed by atoms with van der Waals surface area (Å²) in [5.74, 6) is 1.37. The molecule has 0 bridgehead atoms. The Bertz CT molecular complexity index is 1410. The van der Waals surface area contributed by atoms with Crippen LogP contribution in [0.3, 0.4) is 0 Å². The normalized spacial score (nSPS) is 16.5. The summed E-state index contributed by atoms with van der Waals surface area (Å²) in [7, 11) is 0. The summed E-state index contributed by atoms with van der Waals surface area (Å²) in [5.41, 5.74) is 9.30. The van der Waals surface area contributed by atoms with Crippen LogP contribution >= 0.6 is 19.8 Å². The molecule has 2 nitrogen and oxygen atoms in total. The number of para-hydroxylation sites is 2. The second-order valence-electron chi connectivity index (χ2n) is 12.7. The van der Waals surface area contributed by atoms with Gasteiger partial charge in [0, 0.05) is 17.0 Å². The topological polar surface area (TPSA) is 12.5 Å². The molecule has 0 aliphatic carbocycles. The zero-order valence-corrected chi connectivity index (χ0v) is 32.4. The number of benzene rings is 4. The van der Waals surface area contributed by atoms with Gasteiger partial charge in [0.15, 0.2) is 0 Å². The van der Waals surface area contributed by atoms with E-state index in [0.29, 0.717) is 12.5 Å². The maximum absolute atomic E-state index is 5.95. The summed E-state index contributed by atoms with van der Waals surface area (Å²) in [4.78, 5) is 2.57. The second-order valence-corrected chi connectivity index (χ2v) is 12.7. The van der Waals surface area contributed by atoms with E-state index in [-0.39, 0.29) is 18.4 Å². The van der Waals surface area contributed by atoms with Crippen LogP contribution in [0.4, 0.5) is 5.69 Å². The quantitative estimate of drug-likeness (QED) is 0.1000. The fraction of sp³-hybridized carbons (Fsp3) is 0.341. The molecule has 1 saturated heterocycles. The van der Waals surface area contributed by atoms with Gasteiger partial charge in [-0.2, -0.15) is 18.6 Å². The summed E-state index contributed by atoms with van der Waals surface area (Å²) >= 11 is 4.40. The van der Waals surface area contributed by atoms with Gasteiger partial charge in [-0.1, -0.05) is 131 Å². The molecule has 1 unspecified atom stereocenters. The van der Waals surface area contributed by atoms with Crippen LogP contribution in [0, 0.1) is 20.9 Å². The van der Waals surface area contributed by atoms with Gasteiger partial charge in [0.2, 0.25) is 0 Å². The third-order valence-electron chi connectivity index (χ3n) is 8.48. The van der Waals surface area contributed by atoms with Crippen LogP contribution < -0.4 is 9.64 Å². The minimum absolute atomic E-state index is 0.